The molecule has 3 heterocycles. The van der Waals surface area contributed by atoms with Crippen molar-refractivity contribution < 1.29 is 4.79 Å². The molecule has 0 spiro atoms. The number of Topliss-reactive ketones (excluding diaryl/α,β-unsaturated/α-hetero) is 1. The van der Waals surface area contributed by atoms with E-state index in [1.807, 2.05) is 19.9 Å². The van der Waals surface area contributed by atoms with Crippen molar-refractivity contribution in [3.05, 3.63) is 44.7 Å². The lowest BCUT2D eigenvalue weighted by molar-refractivity contribution is -0.119. The van der Waals surface area contributed by atoms with Crippen LogP contribution >= 0.6 is 11.3 Å². The van der Waals surface area contributed by atoms with Gasteiger partial charge in [0.1, 0.15) is 5.78 Å². The molecule has 0 bridgehead atoms. The Balaban J connectivity index is 1.64. The molecule has 0 aromatic carbocycles. The number of hydrogen-bond acceptors (Lipinski definition) is 4. The Morgan fingerprint density at radius 2 is 2.04 bits per heavy atom. The van der Waals surface area contributed by atoms with Crippen molar-refractivity contribution in [1.82, 2.24) is 9.88 Å². The fourth-order valence-electron chi connectivity index (χ4n) is 3.37. The molecular formula is C20H26N2O2S. The van der Waals surface area contributed by atoms with Crippen molar-refractivity contribution in [3.8, 4) is 10.4 Å². The fraction of sp³-hybridized carbons (Fsp3) is 0.500. The smallest absolute Gasteiger partial charge is 0.251 e. The van der Waals surface area contributed by atoms with Crippen molar-refractivity contribution in [2.75, 3.05) is 19.6 Å². The number of ketones is 1. The van der Waals surface area contributed by atoms with Crippen molar-refractivity contribution in [2.45, 2.75) is 46.0 Å². The maximum atomic E-state index is 12.1. The number of nitrogens with zero attached hydrogens (tertiary/aromatic N) is 1. The highest BCUT2D eigenvalue weighted by atomic mass is 32.1. The third kappa shape index (κ3) is 4.47. The molecule has 0 unspecified atom stereocenters. The number of nitrogens with one attached hydrogen (secondary N) is 1. The van der Waals surface area contributed by atoms with Crippen LogP contribution in [0, 0.1) is 6.92 Å². The largest absolute Gasteiger partial charge is 0.326 e. The Labute approximate surface area is 152 Å². The fourth-order valence-corrected chi connectivity index (χ4v) is 4.45. The van der Waals surface area contributed by atoms with E-state index in [-0.39, 0.29) is 5.56 Å². The zero-order chi connectivity index (χ0) is 17.8. The lowest BCUT2D eigenvalue weighted by Crippen LogP contribution is -2.26. The number of carbonyl (C=O) groups is 1. The minimum absolute atomic E-state index is 0.00744. The van der Waals surface area contributed by atoms with Crippen LogP contribution in [0.25, 0.3) is 10.4 Å². The Morgan fingerprint density at radius 1 is 1.28 bits per heavy atom. The third-order valence-corrected chi connectivity index (χ3v) is 6.05. The molecule has 25 heavy (non-hydrogen) atoms. The van der Waals surface area contributed by atoms with Gasteiger partial charge in [0.15, 0.2) is 0 Å². The molecule has 1 fully saturated rings. The SMILES string of the molecule is CCc1cc(-c2ccc(CCC(=O)CN3CCCC3)s2)c(C)[nH]c1=O. The van der Waals surface area contributed by atoms with Crippen LogP contribution in [0.1, 0.15) is 42.3 Å². The predicted octanol–water partition coefficient (Wildman–Crippen LogP) is 3.57. The first-order chi connectivity index (χ1) is 12.1. The molecule has 0 atom stereocenters. The highest BCUT2D eigenvalue weighted by Crippen LogP contribution is 2.30. The standard InChI is InChI=1S/C20H26N2O2S/c1-3-15-12-18(14(2)21-20(15)24)19-9-8-17(25-19)7-6-16(23)13-22-10-4-5-11-22/h8-9,12H,3-7,10-11,13H2,1-2H3,(H,21,24). The van der Waals surface area contributed by atoms with Gasteiger partial charge in [-0.25, -0.2) is 0 Å². The molecule has 4 nitrogen and oxygen atoms in total. The van der Waals surface area contributed by atoms with Gasteiger partial charge >= 0.3 is 0 Å². The number of aromatic nitrogens is 1. The van der Waals surface area contributed by atoms with Crippen LogP contribution < -0.4 is 5.56 Å². The molecule has 134 valence electrons. The minimum Gasteiger partial charge on any atom is -0.326 e. The molecule has 0 aliphatic carbocycles. The maximum Gasteiger partial charge on any atom is 0.251 e. The van der Waals surface area contributed by atoms with Crippen LogP contribution in [0.3, 0.4) is 0 Å². The molecule has 0 saturated carbocycles. The highest BCUT2D eigenvalue weighted by molar-refractivity contribution is 7.15. The minimum atomic E-state index is 0.00744. The van der Waals surface area contributed by atoms with E-state index in [1.54, 1.807) is 11.3 Å². The van der Waals surface area contributed by atoms with E-state index in [9.17, 15) is 9.59 Å². The van der Waals surface area contributed by atoms with Crippen molar-refractivity contribution >= 4 is 17.1 Å². The number of likely N-dealkylation sites (tertiary alicyclic amines) is 1. The molecule has 5 heteroatoms. The number of carbonyl (C=O) groups excluding carboxylic acids is 1. The summed E-state index contributed by atoms with van der Waals surface area (Å²) in [7, 11) is 0. The average molecular weight is 359 g/mol. The van der Waals surface area contributed by atoms with Gasteiger partial charge in [0, 0.05) is 33.0 Å². The number of hydrogen-bond donors (Lipinski definition) is 1. The maximum absolute atomic E-state index is 12.1. The van der Waals surface area contributed by atoms with Gasteiger partial charge in [-0.15, -0.1) is 11.3 Å². The van der Waals surface area contributed by atoms with E-state index < -0.39 is 0 Å². The molecule has 2 aromatic rings. The number of pyridine rings is 1. The van der Waals surface area contributed by atoms with Gasteiger partial charge in [-0.1, -0.05) is 6.92 Å². The van der Waals surface area contributed by atoms with Gasteiger partial charge in [-0.2, -0.15) is 0 Å². The average Bonchev–Trinajstić information content (AvgIpc) is 3.25. The molecule has 1 saturated heterocycles. The zero-order valence-electron chi connectivity index (χ0n) is 15.1. The molecule has 1 N–H and O–H groups in total. The van der Waals surface area contributed by atoms with E-state index in [4.69, 9.17) is 0 Å². The van der Waals surface area contributed by atoms with Crippen LogP contribution in [-0.4, -0.2) is 35.3 Å². The van der Waals surface area contributed by atoms with Crippen LogP contribution in [0.15, 0.2) is 23.0 Å². The summed E-state index contributed by atoms with van der Waals surface area (Å²) in [5, 5.41) is 0. The van der Waals surface area contributed by atoms with Crippen LogP contribution in [0.4, 0.5) is 0 Å². The van der Waals surface area contributed by atoms with Crippen molar-refractivity contribution in [3.63, 3.8) is 0 Å². The van der Waals surface area contributed by atoms with Gasteiger partial charge in [-0.3, -0.25) is 14.5 Å². The Hall–Kier alpha value is -1.72. The Kier molecular flexibility index (Phi) is 5.86. The summed E-state index contributed by atoms with van der Waals surface area (Å²) in [5.74, 6) is 0.338. The summed E-state index contributed by atoms with van der Waals surface area (Å²) >= 11 is 1.72. The van der Waals surface area contributed by atoms with Gasteiger partial charge in [-0.05, 0) is 63.9 Å². The van der Waals surface area contributed by atoms with Crippen molar-refractivity contribution in [2.24, 2.45) is 0 Å². The van der Waals surface area contributed by atoms with E-state index >= 15 is 0 Å². The topological polar surface area (TPSA) is 53.2 Å². The molecule has 3 rings (SSSR count). The van der Waals surface area contributed by atoms with E-state index in [0.29, 0.717) is 18.7 Å². The Bertz CT molecular complexity index is 800. The summed E-state index contributed by atoms with van der Waals surface area (Å²) in [6, 6.07) is 6.21. The molecule has 2 aromatic heterocycles. The molecule has 0 amide bonds. The second-order valence-electron chi connectivity index (χ2n) is 6.80. The number of aryl methyl sites for hydroxylation is 3. The summed E-state index contributed by atoms with van der Waals surface area (Å²) < 4.78 is 0. The highest BCUT2D eigenvalue weighted by Gasteiger charge is 2.15. The van der Waals surface area contributed by atoms with Crippen LogP contribution in [-0.2, 0) is 17.6 Å². The zero-order valence-corrected chi connectivity index (χ0v) is 15.9. The van der Waals surface area contributed by atoms with Gasteiger partial charge < -0.3 is 4.98 Å². The first kappa shape index (κ1) is 18.1. The number of rotatable bonds is 7. The van der Waals surface area contributed by atoms with Gasteiger partial charge in [0.05, 0.1) is 6.54 Å². The van der Waals surface area contributed by atoms with E-state index in [2.05, 4.69) is 22.0 Å². The normalized spacial score (nSPS) is 15.0. The summed E-state index contributed by atoms with van der Waals surface area (Å²) in [4.78, 5) is 31.6. The number of aromatic amines is 1. The second kappa shape index (κ2) is 8.11. The predicted molar refractivity (Wildman–Crippen MR) is 103 cm³/mol. The molecule has 1 aliphatic heterocycles. The van der Waals surface area contributed by atoms with Crippen LogP contribution in [0.5, 0.6) is 0 Å². The molecular weight excluding hydrogens is 332 g/mol. The summed E-state index contributed by atoms with van der Waals surface area (Å²) in [5.41, 5.74) is 2.82. The van der Waals surface area contributed by atoms with E-state index in [1.165, 1.54) is 17.7 Å². The lowest BCUT2D eigenvalue weighted by atomic mass is 10.1. The monoisotopic (exact) mass is 358 g/mol. The first-order valence-electron chi connectivity index (χ1n) is 9.12. The van der Waals surface area contributed by atoms with Gasteiger partial charge in [0.25, 0.3) is 5.56 Å². The number of H-pyrrole nitrogens is 1. The quantitative estimate of drug-likeness (QED) is 0.823. The van der Waals surface area contributed by atoms with E-state index in [0.717, 1.165) is 47.6 Å². The second-order valence-corrected chi connectivity index (χ2v) is 7.97. The Morgan fingerprint density at radius 3 is 2.76 bits per heavy atom. The summed E-state index contributed by atoms with van der Waals surface area (Å²) in [6.45, 7) is 6.68. The third-order valence-electron chi connectivity index (χ3n) is 4.87. The first-order valence-corrected chi connectivity index (χ1v) is 9.94. The van der Waals surface area contributed by atoms with Gasteiger partial charge in [0.2, 0.25) is 0 Å². The molecule has 1 aliphatic rings. The summed E-state index contributed by atoms with van der Waals surface area (Å²) in [6.07, 6.45) is 4.59. The van der Waals surface area contributed by atoms with Crippen LogP contribution in [0.2, 0.25) is 0 Å². The lowest BCUT2D eigenvalue weighted by Gasteiger charge is -2.12. The molecule has 0 radical (unpaired) electrons. The number of thiophene rings is 1. The van der Waals surface area contributed by atoms with Crippen molar-refractivity contribution in [1.29, 1.82) is 0 Å².